The van der Waals surface area contributed by atoms with Crippen LogP contribution in [0.25, 0.3) is 0 Å². The second kappa shape index (κ2) is 6.46. The van der Waals surface area contributed by atoms with E-state index < -0.39 is 6.04 Å². The van der Waals surface area contributed by atoms with E-state index in [1.165, 1.54) is 0 Å². The number of Topliss-reactive ketones (excluding diaryl/α,β-unsaturated/α-hetero) is 1. The minimum atomic E-state index is -0.471. The van der Waals surface area contributed by atoms with E-state index in [1.54, 1.807) is 6.08 Å². The average molecular weight is 223 g/mol. The summed E-state index contributed by atoms with van der Waals surface area (Å²) in [4.78, 5) is 23.2. The van der Waals surface area contributed by atoms with Crippen molar-refractivity contribution in [2.45, 2.75) is 51.5 Å². The molecule has 3 heteroatoms. The Morgan fingerprint density at radius 2 is 2.12 bits per heavy atom. The molecule has 0 spiro atoms. The van der Waals surface area contributed by atoms with Gasteiger partial charge >= 0.3 is 0 Å². The van der Waals surface area contributed by atoms with Crippen LogP contribution in [0.5, 0.6) is 0 Å². The largest absolute Gasteiger partial charge is 0.343 e. The summed E-state index contributed by atoms with van der Waals surface area (Å²) in [5.74, 6) is 0.255. The van der Waals surface area contributed by atoms with E-state index in [1.807, 2.05) is 0 Å². The lowest BCUT2D eigenvalue weighted by Gasteiger charge is -2.13. The lowest BCUT2D eigenvalue weighted by molar-refractivity contribution is -0.127. The van der Waals surface area contributed by atoms with E-state index in [9.17, 15) is 9.59 Å². The third-order valence-electron chi connectivity index (χ3n) is 2.85. The summed E-state index contributed by atoms with van der Waals surface area (Å²) >= 11 is 0. The number of nitrogens with one attached hydrogen (secondary N) is 1. The smallest absolute Gasteiger partial charge is 0.220 e. The van der Waals surface area contributed by atoms with E-state index in [4.69, 9.17) is 0 Å². The SMILES string of the molecule is C=CC(NC(=O)CCCCC)C(=O)C1CC1. The molecule has 0 aliphatic heterocycles. The molecular weight excluding hydrogens is 202 g/mol. The van der Waals surface area contributed by atoms with Crippen molar-refractivity contribution in [1.29, 1.82) is 0 Å². The minimum Gasteiger partial charge on any atom is -0.343 e. The highest BCUT2D eigenvalue weighted by atomic mass is 16.2. The van der Waals surface area contributed by atoms with Crippen LogP contribution in [0.2, 0.25) is 0 Å². The van der Waals surface area contributed by atoms with Gasteiger partial charge in [-0.25, -0.2) is 0 Å². The van der Waals surface area contributed by atoms with Crippen LogP contribution in [0.4, 0.5) is 0 Å². The van der Waals surface area contributed by atoms with Crippen molar-refractivity contribution in [2.24, 2.45) is 5.92 Å². The fraction of sp³-hybridized carbons (Fsp3) is 0.692. The fourth-order valence-electron chi connectivity index (χ4n) is 1.65. The number of carbonyl (C=O) groups is 2. The molecule has 1 fully saturated rings. The summed E-state index contributed by atoms with van der Waals surface area (Å²) in [6, 6.07) is -0.471. The molecule has 0 aromatic heterocycles. The molecule has 1 atom stereocenters. The van der Waals surface area contributed by atoms with Crippen molar-refractivity contribution < 1.29 is 9.59 Å². The summed E-state index contributed by atoms with van der Waals surface area (Å²) in [6.45, 7) is 5.70. The molecule has 0 radical (unpaired) electrons. The van der Waals surface area contributed by atoms with Crippen molar-refractivity contribution in [1.82, 2.24) is 5.32 Å². The summed E-state index contributed by atoms with van der Waals surface area (Å²) < 4.78 is 0. The maximum atomic E-state index is 11.7. The Kier molecular flexibility index (Phi) is 5.23. The van der Waals surface area contributed by atoms with Crippen LogP contribution in [-0.4, -0.2) is 17.7 Å². The van der Waals surface area contributed by atoms with E-state index in [0.29, 0.717) is 6.42 Å². The van der Waals surface area contributed by atoms with Crippen molar-refractivity contribution in [3.63, 3.8) is 0 Å². The first-order valence-electron chi connectivity index (χ1n) is 6.14. The average Bonchev–Trinajstić information content (AvgIpc) is 3.09. The lowest BCUT2D eigenvalue weighted by Crippen LogP contribution is -2.39. The summed E-state index contributed by atoms with van der Waals surface area (Å²) in [5.41, 5.74) is 0. The van der Waals surface area contributed by atoms with Crippen molar-refractivity contribution in [2.75, 3.05) is 0 Å². The van der Waals surface area contributed by atoms with Gasteiger partial charge in [0, 0.05) is 12.3 Å². The van der Waals surface area contributed by atoms with Gasteiger partial charge in [-0.2, -0.15) is 0 Å². The van der Waals surface area contributed by atoms with E-state index in [0.717, 1.165) is 32.1 Å². The van der Waals surface area contributed by atoms with Gasteiger partial charge in [-0.05, 0) is 19.3 Å². The second-order valence-corrected chi connectivity index (χ2v) is 4.41. The maximum Gasteiger partial charge on any atom is 0.220 e. The molecule has 3 nitrogen and oxygen atoms in total. The van der Waals surface area contributed by atoms with Crippen LogP contribution < -0.4 is 5.32 Å². The van der Waals surface area contributed by atoms with Gasteiger partial charge in [0.1, 0.15) is 6.04 Å². The van der Waals surface area contributed by atoms with Crippen molar-refractivity contribution in [3.8, 4) is 0 Å². The number of hydrogen-bond donors (Lipinski definition) is 1. The van der Waals surface area contributed by atoms with Gasteiger partial charge in [-0.3, -0.25) is 9.59 Å². The van der Waals surface area contributed by atoms with E-state index >= 15 is 0 Å². The maximum absolute atomic E-state index is 11.7. The Balaban J connectivity index is 2.28. The van der Waals surface area contributed by atoms with Gasteiger partial charge < -0.3 is 5.32 Å². The molecule has 1 aliphatic rings. The van der Waals surface area contributed by atoms with E-state index in [2.05, 4.69) is 18.8 Å². The summed E-state index contributed by atoms with van der Waals surface area (Å²) in [5, 5.41) is 2.74. The number of ketones is 1. The number of carbonyl (C=O) groups excluding carboxylic acids is 2. The number of hydrogen-bond acceptors (Lipinski definition) is 2. The Morgan fingerprint density at radius 3 is 2.62 bits per heavy atom. The monoisotopic (exact) mass is 223 g/mol. The molecular formula is C13H21NO2. The first-order chi connectivity index (χ1) is 7.69. The van der Waals surface area contributed by atoms with Crippen LogP contribution in [0, 0.1) is 5.92 Å². The Hall–Kier alpha value is -1.12. The Bertz CT molecular complexity index is 269. The van der Waals surface area contributed by atoms with Crippen LogP contribution in [-0.2, 0) is 9.59 Å². The fourth-order valence-corrected chi connectivity index (χ4v) is 1.65. The highest BCUT2D eigenvalue weighted by Gasteiger charge is 2.33. The lowest BCUT2D eigenvalue weighted by atomic mass is 10.1. The van der Waals surface area contributed by atoms with Crippen molar-refractivity contribution in [3.05, 3.63) is 12.7 Å². The molecule has 1 N–H and O–H groups in total. The van der Waals surface area contributed by atoms with Gasteiger partial charge in [-0.15, -0.1) is 6.58 Å². The molecule has 0 heterocycles. The minimum absolute atomic E-state index is 0.0349. The first kappa shape index (κ1) is 12.9. The third-order valence-corrected chi connectivity index (χ3v) is 2.85. The van der Waals surface area contributed by atoms with Crippen LogP contribution >= 0.6 is 0 Å². The topological polar surface area (TPSA) is 46.2 Å². The predicted molar refractivity (Wildman–Crippen MR) is 64.0 cm³/mol. The van der Waals surface area contributed by atoms with Gasteiger partial charge in [0.05, 0.1) is 0 Å². The van der Waals surface area contributed by atoms with Crippen LogP contribution in [0.1, 0.15) is 45.4 Å². The van der Waals surface area contributed by atoms with Gasteiger partial charge in [0.15, 0.2) is 5.78 Å². The molecule has 90 valence electrons. The molecule has 0 aromatic carbocycles. The zero-order valence-electron chi connectivity index (χ0n) is 10.00. The molecule has 1 rings (SSSR count). The molecule has 1 unspecified atom stereocenters. The zero-order valence-corrected chi connectivity index (χ0v) is 10.00. The highest BCUT2D eigenvalue weighted by molar-refractivity contribution is 5.93. The summed E-state index contributed by atoms with van der Waals surface area (Å²) in [6.07, 6.45) is 7.03. The number of rotatable bonds is 8. The van der Waals surface area contributed by atoms with Gasteiger partial charge in [-0.1, -0.05) is 25.8 Å². The molecule has 16 heavy (non-hydrogen) atoms. The molecule has 1 amide bonds. The van der Waals surface area contributed by atoms with Gasteiger partial charge in [0.2, 0.25) is 5.91 Å². The standard InChI is InChI=1S/C13H21NO2/c1-3-5-6-7-12(15)14-11(4-2)13(16)10-8-9-10/h4,10-11H,2-3,5-9H2,1H3,(H,14,15). The Labute approximate surface area is 97.3 Å². The molecule has 0 saturated heterocycles. The van der Waals surface area contributed by atoms with Crippen LogP contribution in [0.15, 0.2) is 12.7 Å². The number of amides is 1. The normalized spacial score (nSPS) is 16.6. The Morgan fingerprint density at radius 1 is 1.44 bits per heavy atom. The van der Waals surface area contributed by atoms with E-state index in [-0.39, 0.29) is 17.6 Å². The molecule has 1 aliphatic carbocycles. The van der Waals surface area contributed by atoms with Gasteiger partial charge in [0.25, 0.3) is 0 Å². The molecule has 1 saturated carbocycles. The number of unbranched alkanes of at least 4 members (excludes halogenated alkanes) is 2. The zero-order chi connectivity index (χ0) is 12.0. The predicted octanol–water partition coefficient (Wildman–Crippen LogP) is 2.22. The highest BCUT2D eigenvalue weighted by Crippen LogP contribution is 2.31. The molecule has 0 bridgehead atoms. The summed E-state index contributed by atoms with van der Waals surface area (Å²) in [7, 11) is 0. The second-order valence-electron chi connectivity index (χ2n) is 4.41. The third kappa shape index (κ3) is 4.17. The van der Waals surface area contributed by atoms with Crippen LogP contribution in [0.3, 0.4) is 0 Å². The van der Waals surface area contributed by atoms with Crippen molar-refractivity contribution >= 4 is 11.7 Å². The first-order valence-corrected chi connectivity index (χ1v) is 6.14. The quantitative estimate of drug-likeness (QED) is 0.506. The molecule has 0 aromatic rings.